The summed E-state index contributed by atoms with van der Waals surface area (Å²) in [5.74, 6) is -3.38. The monoisotopic (exact) mass is 579 g/mol. The molecule has 11 heteroatoms. The Labute approximate surface area is 234 Å². The third-order valence-corrected chi connectivity index (χ3v) is 9.49. The predicted molar refractivity (Wildman–Crippen MR) is 147 cm³/mol. The topological polar surface area (TPSA) is 104 Å². The molecular formula is C30H24F3N3O4S. The maximum atomic E-state index is 14.7. The SMILES string of the molecule is Cc1cc(Oc2cccc(F)c2F)ccc1-n1ncc(C(=O)C2=Cc3cc(F)c(CS(=O)(=O)C4CC4)cc3C2)c1N. The van der Waals surface area contributed by atoms with E-state index in [0.29, 0.717) is 40.8 Å². The minimum atomic E-state index is -3.40. The number of nitrogen functional groups attached to an aromatic ring is 1. The summed E-state index contributed by atoms with van der Waals surface area (Å²) < 4.78 is 73.9. The Balaban J connectivity index is 1.21. The molecule has 1 aromatic heterocycles. The minimum absolute atomic E-state index is 0.0854. The number of hydrogen-bond acceptors (Lipinski definition) is 6. The number of benzene rings is 3. The average molecular weight is 580 g/mol. The molecule has 2 N–H and O–H groups in total. The van der Waals surface area contributed by atoms with E-state index in [1.807, 2.05) is 0 Å². The van der Waals surface area contributed by atoms with Gasteiger partial charge in [0.15, 0.2) is 27.2 Å². The molecule has 0 spiro atoms. The highest BCUT2D eigenvalue weighted by Crippen LogP contribution is 2.35. The zero-order valence-corrected chi connectivity index (χ0v) is 22.6. The number of nitrogens with two attached hydrogens (primary N) is 1. The van der Waals surface area contributed by atoms with Crippen LogP contribution in [-0.2, 0) is 22.0 Å². The second kappa shape index (κ2) is 9.91. The van der Waals surface area contributed by atoms with E-state index in [-0.39, 0.29) is 46.4 Å². The molecule has 2 aliphatic rings. The predicted octanol–water partition coefficient (Wildman–Crippen LogP) is 5.87. The lowest BCUT2D eigenvalue weighted by Crippen LogP contribution is -2.11. The highest BCUT2D eigenvalue weighted by molar-refractivity contribution is 7.91. The molecule has 0 unspecified atom stereocenters. The van der Waals surface area contributed by atoms with E-state index in [2.05, 4.69) is 5.10 Å². The van der Waals surface area contributed by atoms with Crippen LogP contribution < -0.4 is 10.5 Å². The van der Waals surface area contributed by atoms with E-state index in [9.17, 15) is 26.4 Å². The van der Waals surface area contributed by atoms with Crippen molar-refractivity contribution in [3.05, 3.63) is 106 Å². The number of aryl methyl sites for hydroxylation is 1. The van der Waals surface area contributed by atoms with Crippen molar-refractivity contribution < 1.29 is 31.1 Å². The summed E-state index contributed by atoms with van der Waals surface area (Å²) in [7, 11) is -3.40. The van der Waals surface area contributed by atoms with E-state index in [1.165, 1.54) is 35.1 Å². The van der Waals surface area contributed by atoms with Gasteiger partial charge in [0.1, 0.15) is 17.4 Å². The first-order valence-corrected chi connectivity index (χ1v) is 14.6. The number of hydrogen-bond donors (Lipinski definition) is 1. The number of sulfone groups is 1. The number of allylic oxidation sites excluding steroid dienone is 1. The van der Waals surface area contributed by atoms with Crippen LogP contribution in [0.4, 0.5) is 19.0 Å². The number of halogens is 3. The van der Waals surface area contributed by atoms with Crippen LogP contribution in [0.3, 0.4) is 0 Å². The van der Waals surface area contributed by atoms with Crippen molar-refractivity contribution in [2.24, 2.45) is 0 Å². The fraction of sp³-hybridized carbons (Fsp3) is 0.200. The van der Waals surface area contributed by atoms with Crippen LogP contribution in [0.2, 0.25) is 0 Å². The van der Waals surface area contributed by atoms with Crippen LogP contribution in [-0.4, -0.2) is 29.2 Å². The Morgan fingerprint density at radius 3 is 2.61 bits per heavy atom. The number of nitrogens with zero attached hydrogens (tertiary/aromatic N) is 2. The lowest BCUT2D eigenvalue weighted by Gasteiger charge is -2.12. The Bertz CT molecular complexity index is 1880. The molecule has 1 saturated carbocycles. The molecule has 0 aliphatic heterocycles. The summed E-state index contributed by atoms with van der Waals surface area (Å²) >= 11 is 0. The molecule has 210 valence electrons. The maximum absolute atomic E-state index is 14.7. The van der Waals surface area contributed by atoms with Gasteiger partial charge in [-0.25, -0.2) is 21.9 Å². The molecule has 41 heavy (non-hydrogen) atoms. The van der Waals surface area contributed by atoms with Gasteiger partial charge in [0, 0.05) is 17.6 Å². The van der Waals surface area contributed by atoms with Gasteiger partial charge in [-0.1, -0.05) is 12.1 Å². The fourth-order valence-corrected chi connectivity index (χ4v) is 6.70. The Morgan fingerprint density at radius 1 is 1.10 bits per heavy atom. The van der Waals surface area contributed by atoms with Crippen molar-refractivity contribution in [2.45, 2.75) is 37.2 Å². The standard InChI is InChI=1S/C30H24F3N3O4S/c1-16-9-21(40-27-4-2-3-24(31)28(27)33)5-8-26(16)36-30(34)23(14-35-36)29(37)19-10-17-12-20(25(32)13-18(17)11-19)15-41(38,39)22-6-7-22/h2-5,8-9,11-14,22H,6-7,10,15,34H2,1H3. The highest BCUT2D eigenvalue weighted by Gasteiger charge is 2.36. The Morgan fingerprint density at radius 2 is 1.88 bits per heavy atom. The van der Waals surface area contributed by atoms with E-state index in [4.69, 9.17) is 10.5 Å². The second-order valence-corrected chi connectivity index (χ2v) is 12.6. The normalized spacial score (nSPS) is 14.6. The second-order valence-electron chi connectivity index (χ2n) is 10.3. The molecule has 1 fully saturated rings. The van der Waals surface area contributed by atoms with Crippen LogP contribution >= 0.6 is 0 Å². The van der Waals surface area contributed by atoms with Crippen LogP contribution in [0.25, 0.3) is 11.8 Å². The molecule has 0 atom stereocenters. The molecule has 7 nitrogen and oxygen atoms in total. The van der Waals surface area contributed by atoms with Crippen LogP contribution in [0.15, 0.2) is 60.3 Å². The van der Waals surface area contributed by atoms with Crippen LogP contribution in [0.5, 0.6) is 11.5 Å². The van der Waals surface area contributed by atoms with E-state index in [1.54, 1.807) is 31.2 Å². The Hall–Kier alpha value is -4.38. The Kier molecular flexibility index (Phi) is 6.49. The number of carbonyl (C=O) groups excluding carboxylic acids is 1. The number of Topliss-reactive ketones (excluding diaryl/α,β-unsaturated/α-hetero) is 1. The van der Waals surface area contributed by atoms with Gasteiger partial charge in [0.25, 0.3) is 0 Å². The lowest BCUT2D eigenvalue weighted by molar-refractivity contribution is 0.103. The molecule has 0 saturated heterocycles. The quantitative estimate of drug-likeness (QED) is 0.262. The largest absolute Gasteiger partial charge is 0.454 e. The molecule has 3 aromatic carbocycles. The number of ether oxygens (including phenoxy) is 1. The summed E-state index contributed by atoms with van der Waals surface area (Å²) in [6, 6.07) is 11.2. The fourth-order valence-electron chi connectivity index (χ4n) is 4.95. The van der Waals surface area contributed by atoms with Crippen molar-refractivity contribution in [3.63, 3.8) is 0 Å². The molecule has 0 radical (unpaired) electrons. The summed E-state index contributed by atoms with van der Waals surface area (Å²) in [6.07, 6.45) is 4.35. The minimum Gasteiger partial charge on any atom is -0.454 e. The third-order valence-electron chi connectivity index (χ3n) is 7.29. The molecular weight excluding hydrogens is 555 g/mol. The molecule has 1 heterocycles. The molecule has 6 rings (SSSR count). The zero-order chi connectivity index (χ0) is 29.1. The van der Waals surface area contributed by atoms with Gasteiger partial charge in [-0.3, -0.25) is 4.79 Å². The van der Waals surface area contributed by atoms with Crippen molar-refractivity contribution in [2.75, 3.05) is 5.73 Å². The number of ketones is 1. The summed E-state index contributed by atoms with van der Waals surface area (Å²) in [5.41, 5.74) is 9.35. The van der Waals surface area contributed by atoms with Crippen molar-refractivity contribution in [3.8, 4) is 17.2 Å². The first-order valence-electron chi connectivity index (χ1n) is 12.9. The van der Waals surface area contributed by atoms with E-state index in [0.717, 1.165) is 6.07 Å². The van der Waals surface area contributed by atoms with Gasteiger partial charge in [-0.15, -0.1) is 0 Å². The van der Waals surface area contributed by atoms with Gasteiger partial charge in [-0.05, 0) is 78.9 Å². The average Bonchev–Trinajstić information content (AvgIpc) is 3.62. The van der Waals surface area contributed by atoms with Crippen molar-refractivity contribution in [1.82, 2.24) is 9.78 Å². The number of rotatable bonds is 8. The number of aromatic nitrogens is 2. The number of fused-ring (bicyclic) bond motifs is 1. The summed E-state index contributed by atoms with van der Waals surface area (Å²) in [4.78, 5) is 13.4. The van der Waals surface area contributed by atoms with Gasteiger partial charge < -0.3 is 10.5 Å². The maximum Gasteiger partial charge on any atom is 0.201 e. The molecule has 0 amide bonds. The third kappa shape index (κ3) is 5.01. The molecule has 0 bridgehead atoms. The van der Waals surface area contributed by atoms with Crippen molar-refractivity contribution in [1.29, 1.82) is 0 Å². The van der Waals surface area contributed by atoms with E-state index >= 15 is 0 Å². The molecule has 2 aliphatic carbocycles. The lowest BCUT2D eigenvalue weighted by atomic mass is 10.0. The van der Waals surface area contributed by atoms with Crippen LogP contribution in [0, 0.1) is 24.4 Å². The smallest absolute Gasteiger partial charge is 0.201 e. The molecule has 4 aromatic rings. The zero-order valence-electron chi connectivity index (χ0n) is 21.8. The van der Waals surface area contributed by atoms with Gasteiger partial charge in [0.2, 0.25) is 5.82 Å². The first-order chi connectivity index (χ1) is 19.5. The highest BCUT2D eigenvalue weighted by atomic mass is 32.2. The van der Waals surface area contributed by atoms with Gasteiger partial charge >= 0.3 is 0 Å². The first kappa shape index (κ1) is 26.8. The van der Waals surface area contributed by atoms with Crippen LogP contribution in [0.1, 0.15) is 45.5 Å². The van der Waals surface area contributed by atoms with Crippen molar-refractivity contribution >= 4 is 27.5 Å². The summed E-state index contributed by atoms with van der Waals surface area (Å²) in [5, 5.41) is 3.89. The van der Waals surface area contributed by atoms with Gasteiger partial charge in [-0.2, -0.15) is 9.49 Å². The number of anilines is 1. The van der Waals surface area contributed by atoms with Gasteiger partial charge in [0.05, 0.1) is 28.5 Å². The van der Waals surface area contributed by atoms with E-state index < -0.39 is 32.5 Å². The summed E-state index contributed by atoms with van der Waals surface area (Å²) in [6.45, 7) is 1.75. The number of carbonyl (C=O) groups is 1.